The molecule has 0 atom stereocenters. The van der Waals surface area contributed by atoms with Gasteiger partial charge in [0.2, 0.25) is 0 Å². The molecule has 0 spiro atoms. The van der Waals surface area contributed by atoms with Crippen LogP contribution in [0.2, 0.25) is 0 Å². The second-order valence-corrected chi connectivity index (χ2v) is 9.42. The molecule has 1 fully saturated rings. The van der Waals surface area contributed by atoms with E-state index in [9.17, 15) is 32.3 Å². The summed E-state index contributed by atoms with van der Waals surface area (Å²) in [6.07, 6.45) is -4.31. The number of halogens is 4. The van der Waals surface area contributed by atoms with Crippen LogP contribution in [0.15, 0.2) is 48.5 Å². The normalized spacial score (nSPS) is 15.4. The number of esters is 1. The maximum absolute atomic E-state index is 14.5. The Kier molecular flexibility index (Phi) is 7.51. The highest BCUT2D eigenvalue weighted by atomic mass is 32.1. The Morgan fingerprint density at radius 1 is 1.14 bits per heavy atom. The highest BCUT2D eigenvalue weighted by Crippen LogP contribution is 2.40. The third kappa shape index (κ3) is 5.75. The Hall–Kier alpha value is -3.51. The van der Waals surface area contributed by atoms with Crippen LogP contribution in [-0.2, 0) is 16.5 Å². The maximum atomic E-state index is 14.5. The number of carbonyl (C=O) groups is 2. The second kappa shape index (κ2) is 10.5. The molecule has 1 saturated heterocycles. The molecule has 1 aliphatic heterocycles. The lowest BCUT2D eigenvalue weighted by Gasteiger charge is -2.36. The molecule has 2 aromatic carbocycles. The first-order valence-electron chi connectivity index (χ1n) is 11.4. The molecule has 1 aromatic heterocycles. The van der Waals surface area contributed by atoms with Gasteiger partial charge in [0.25, 0.3) is 0 Å². The summed E-state index contributed by atoms with van der Waals surface area (Å²) in [5.41, 5.74) is -1.92. The summed E-state index contributed by atoms with van der Waals surface area (Å²) in [7, 11) is 0. The first kappa shape index (κ1) is 26.6. The van der Waals surface area contributed by atoms with Crippen molar-refractivity contribution < 1.29 is 37.0 Å². The van der Waals surface area contributed by atoms with Gasteiger partial charge in [0.15, 0.2) is 0 Å². The molecular weight excluding hydrogens is 514 g/mol. The largest absolute Gasteiger partial charge is 0.462 e. The monoisotopic (exact) mass is 537 g/mol. The van der Waals surface area contributed by atoms with Gasteiger partial charge in [-0.1, -0.05) is 12.1 Å². The van der Waals surface area contributed by atoms with Gasteiger partial charge >= 0.3 is 18.2 Å². The van der Waals surface area contributed by atoms with Crippen LogP contribution in [0.25, 0.3) is 11.3 Å². The zero-order chi connectivity index (χ0) is 26.8. The lowest BCUT2D eigenvalue weighted by atomic mass is 9.92. The molecular formula is C25H23F4N3O4S. The number of thiazole rings is 1. The number of aromatic nitrogens is 1. The van der Waals surface area contributed by atoms with E-state index >= 15 is 0 Å². The number of carbonyl (C=O) groups excluding carboxylic acids is 2. The molecule has 0 saturated carbocycles. The summed E-state index contributed by atoms with van der Waals surface area (Å²) in [4.78, 5) is 31.1. The zero-order valence-corrected chi connectivity index (χ0v) is 20.5. The van der Waals surface area contributed by atoms with E-state index in [2.05, 4.69) is 10.3 Å². The van der Waals surface area contributed by atoms with E-state index in [1.807, 2.05) is 0 Å². The molecule has 12 heteroatoms. The number of benzene rings is 2. The van der Waals surface area contributed by atoms with E-state index in [4.69, 9.17) is 4.74 Å². The third-order valence-corrected chi connectivity index (χ3v) is 7.19. The number of anilines is 1. The molecule has 0 bridgehead atoms. The molecule has 0 radical (unpaired) electrons. The lowest BCUT2D eigenvalue weighted by Crippen LogP contribution is -2.46. The lowest BCUT2D eigenvalue weighted by molar-refractivity contribution is -0.137. The van der Waals surface area contributed by atoms with Gasteiger partial charge in [-0.25, -0.2) is 19.0 Å². The molecule has 2 N–H and O–H groups in total. The number of nitrogens with one attached hydrogen (secondary N) is 1. The predicted molar refractivity (Wildman–Crippen MR) is 129 cm³/mol. The van der Waals surface area contributed by atoms with E-state index in [1.54, 1.807) is 13.0 Å². The standard InChI is InChI=1S/C25H23F4N3O4S/c1-2-36-21(33)20-19(17-5-3-4-6-18(17)26)31-22(37-20)24(35)11-13-32(14-12-24)23(34)30-16-9-7-15(8-10-16)25(27,28)29/h3-10,35H,2,11-14H2,1H3,(H,30,34). The van der Waals surface area contributed by atoms with Gasteiger partial charge in [-0.05, 0) is 43.3 Å². The molecule has 0 unspecified atom stereocenters. The van der Waals surface area contributed by atoms with E-state index in [1.165, 1.54) is 23.1 Å². The second-order valence-electron chi connectivity index (χ2n) is 8.42. The number of rotatable bonds is 5. The Balaban J connectivity index is 1.49. The number of ether oxygens (including phenoxy) is 1. The van der Waals surface area contributed by atoms with Crippen LogP contribution in [0.1, 0.15) is 40.0 Å². The van der Waals surface area contributed by atoms with Crippen molar-refractivity contribution in [3.8, 4) is 11.3 Å². The van der Waals surface area contributed by atoms with Crippen LogP contribution in [0.5, 0.6) is 0 Å². The molecule has 37 heavy (non-hydrogen) atoms. The Bertz CT molecular complexity index is 1290. The number of alkyl halides is 3. The van der Waals surface area contributed by atoms with Crippen molar-refractivity contribution in [1.29, 1.82) is 0 Å². The Morgan fingerprint density at radius 2 is 1.78 bits per heavy atom. The molecule has 2 amide bonds. The highest BCUT2D eigenvalue weighted by molar-refractivity contribution is 7.14. The van der Waals surface area contributed by atoms with Gasteiger partial charge in [0, 0.05) is 37.2 Å². The van der Waals surface area contributed by atoms with Crippen LogP contribution in [0, 0.1) is 5.82 Å². The maximum Gasteiger partial charge on any atom is 0.416 e. The average Bonchev–Trinajstić information content (AvgIpc) is 3.31. The van der Waals surface area contributed by atoms with Crippen LogP contribution in [0.4, 0.5) is 28.0 Å². The minimum absolute atomic E-state index is 0.0675. The first-order valence-corrected chi connectivity index (χ1v) is 12.2. The van der Waals surface area contributed by atoms with Crippen molar-refractivity contribution in [2.24, 2.45) is 0 Å². The van der Waals surface area contributed by atoms with E-state index in [0.717, 1.165) is 35.6 Å². The van der Waals surface area contributed by atoms with Crippen molar-refractivity contribution in [2.45, 2.75) is 31.5 Å². The van der Waals surface area contributed by atoms with Crippen LogP contribution in [0.3, 0.4) is 0 Å². The summed E-state index contributed by atoms with van der Waals surface area (Å²) < 4.78 is 57.8. The number of hydrogen-bond acceptors (Lipinski definition) is 6. The predicted octanol–water partition coefficient (Wildman–Crippen LogP) is 5.66. The van der Waals surface area contributed by atoms with Gasteiger partial charge in [0.1, 0.15) is 21.3 Å². The fourth-order valence-corrected chi connectivity index (χ4v) is 5.05. The van der Waals surface area contributed by atoms with Gasteiger partial charge in [-0.3, -0.25) is 0 Å². The van der Waals surface area contributed by atoms with Crippen molar-refractivity contribution in [1.82, 2.24) is 9.88 Å². The van der Waals surface area contributed by atoms with Gasteiger partial charge in [-0.15, -0.1) is 11.3 Å². The fraction of sp³-hybridized carbons (Fsp3) is 0.320. The van der Waals surface area contributed by atoms with E-state index in [0.29, 0.717) is 0 Å². The summed E-state index contributed by atoms with van der Waals surface area (Å²) in [5, 5.41) is 14.1. The summed E-state index contributed by atoms with van der Waals surface area (Å²) >= 11 is 0.919. The summed E-state index contributed by atoms with van der Waals surface area (Å²) in [5.74, 6) is -1.26. The van der Waals surface area contributed by atoms with Crippen molar-refractivity contribution in [3.63, 3.8) is 0 Å². The molecule has 4 rings (SSSR count). The van der Waals surface area contributed by atoms with Gasteiger partial charge in [0.05, 0.1) is 17.9 Å². The quantitative estimate of drug-likeness (QED) is 0.324. The fourth-order valence-electron chi connectivity index (χ4n) is 3.93. The Labute approximate surface area is 213 Å². The molecule has 3 aromatic rings. The summed E-state index contributed by atoms with van der Waals surface area (Å²) in [6.45, 7) is 1.98. The SMILES string of the molecule is CCOC(=O)c1sc(C2(O)CCN(C(=O)Nc3ccc(C(F)(F)F)cc3)CC2)nc1-c1ccccc1F. The van der Waals surface area contributed by atoms with Gasteiger partial charge < -0.3 is 20.1 Å². The number of hydrogen-bond donors (Lipinski definition) is 2. The molecule has 196 valence electrons. The van der Waals surface area contributed by atoms with Crippen molar-refractivity contribution >= 4 is 29.0 Å². The number of nitrogens with zero attached hydrogens (tertiary/aromatic N) is 2. The molecule has 1 aliphatic rings. The number of piperidine rings is 1. The smallest absolute Gasteiger partial charge is 0.416 e. The average molecular weight is 538 g/mol. The minimum atomic E-state index is -4.48. The first-order chi connectivity index (χ1) is 17.5. The number of aliphatic hydroxyl groups is 1. The number of urea groups is 1. The highest BCUT2D eigenvalue weighted by Gasteiger charge is 2.40. The molecule has 2 heterocycles. The Morgan fingerprint density at radius 3 is 2.38 bits per heavy atom. The van der Waals surface area contributed by atoms with E-state index < -0.39 is 35.2 Å². The van der Waals surface area contributed by atoms with Crippen molar-refractivity contribution in [3.05, 3.63) is 69.8 Å². The topological polar surface area (TPSA) is 91.8 Å². The molecule has 7 nitrogen and oxygen atoms in total. The van der Waals surface area contributed by atoms with Crippen molar-refractivity contribution in [2.75, 3.05) is 25.0 Å². The number of likely N-dealkylation sites (tertiary alicyclic amines) is 1. The summed E-state index contributed by atoms with van der Waals surface area (Å²) in [6, 6.07) is 9.39. The number of amides is 2. The zero-order valence-electron chi connectivity index (χ0n) is 19.6. The van der Waals surface area contributed by atoms with Crippen LogP contribution < -0.4 is 5.32 Å². The van der Waals surface area contributed by atoms with Crippen LogP contribution >= 0.6 is 11.3 Å². The minimum Gasteiger partial charge on any atom is -0.462 e. The van der Waals surface area contributed by atoms with E-state index in [-0.39, 0.29) is 59.4 Å². The van der Waals surface area contributed by atoms with Crippen LogP contribution in [-0.4, -0.2) is 46.7 Å². The molecule has 0 aliphatic carbocycles. The van der Waals surface area contributed by atoms with Gasteiger partial charge in [-0.2, -0.15) is 13.2 Å². The third-order valence-electron chi connectivity index (χ3n) is 5.96.